The van der Waals surface area contributed by atoms with E-state index in [1.165, 1.54) is 0 Å². The standard InChI is InChI=1S/C26H30N2O5/c1-26(2)14-19(27-10-11-29)24(22(32)15-26)20(30)9-8-18-25-21(31)12-17(13-23(25)33-28-18)16-6-4-3-5-7-16/h3-7,17,29-30H,8-15H2,1-2H3/b24-20+,27-19?. The van der Waals surface area contributed by atoms with Crippen molar-refractivity contribution in [3.63, 3.8) is 0 Å². The third-order valence-corrected chi connectivity index (χ3v) is 6.39. The number of aliphatic hydroxyl groups is 2. The Morgan fingerprint density at radius 1 is 1.15 bits per heavy atom. The number of ketones is 2. The van der Waals surface area contributed by atoms with Gasteiger partial charge in [-0.1, -0.05) is 49.3 Å². The minimum absolute atomic E-state index is 0.00538. The van der Waals surface area contributed by atoms with Gasteiger partial charge in [-0.05, 0) is 23.3 Å². The average molecular weight is 451 g/mol. The van der Waals surface area contributed by atoms with E-state index in [0.717, 1.165) is 5.56 Å². The lowest BCUT2D eigenvalue weighted by Crippen LogP contribution is -2.33. The van der Waals surface area contributed by atoms with E-state index >= 15 is 0 Å². The molecule has 0 bridgehead atoms. The number of hydrogen-bond donors (Lipinski definition) is 2. The third kappa shape index (κ3) is 4.98. The molecule has 174 valence electrons. The van der Waals surface area contributed by atoms with Crippen LogP contribution in [0, 0.1) is 5.41 Å². The molecule has 0 radical (unpaired) electrons. The molecule has 7 heteroatoms. The molecule has 1 aromatic carbocycles. The Balaban J connectivity index is 1.53. The molecule has 0 amide bonds. The Kier molecular flexibility index (Phi) is 6.61. The minimum atomic E-state index is -0.248. The molecule has 2 aliphatic carbocycles. The number of aliphatic imine (C=N–C) groups is 1. The van der Waals surface area contributed by atoms with Gasteiger partial charge in [-0.2, -0.15) is 0 Å². The summed E-state index contributed by atoms with van der Waals surface area (Å²) in [5.74, 6) is 0.451. The van der Waals surface area contributed by atoms with Gasteiger partial charge >= 0.3 is 0 Å². The van der Waals surface area contributed by atoms with Gasteiger partial charge in [0.25, 0.3) is 0 Å². The predicted octanol–water partition coefficient (Wildman–Crippen LogP) is 4.15. The van der Waals surface area contributed by atoms with Gasteiger partial charge in [0.2, 0.25) is 0 Å². The third-order valence-electron chi connectivity index (χ3n) is 6.39. The lowest BCUT2D eigenvalue weighted by Gasteiger charge is -2.31. The second kappa shape index (κ2) is 9.43. The molecule has 0 aliphatic heterocycles. The molecule has 2 aliphatic rings. The SMILES string of the molecule is CC1(C)CC(=O)/C(=C(/O)CCc2noc3c2C(=O)CC(c2ccccc2)C3)C(=NCCO)C1. The fourth-order valence-electron chi connectivity index (χ4n) is 4.87. The Morgan fingerprint density at radius 2 is 1.91 bits per heavy atom. The van der Waals surface area contributed by atoms with Crippen LogP contribution in [0.4, 0.5) is 0 Å². The molecule has 1 saturated carbocycles. The summed E-state index contributed by atoms with van der Waals surface area (Å²) < 4.78 is 5.52. The number of allylic oxidation sites excluding steroid dienone is 2. The van der Waals surface area contributed by atoms with E-state index in [1.54, 1.807) is 0 Å². The molecule has 1 aromatic heterocycles. The molecule has 2 N–H and O–H groups in total. The lowest BCUT2D eigenvalue weighted by molar-refractivity contribution is -0.117. The molecular formula is C26H30N2O5. The molecular weight excluding hydrogens is 420 g/mol. The van der Waals surface area contributed by atoms with E-state index in [2.05, 4.69) is 10.1 Å². The fraction of sp³-hybridized carbons (Fsp3) is 0.462. The van der Waals surface area contributed by atoms with E-state index in [0.29, 0.717) is 54.8 Å². The Hall–Kier alpha value is -3.06. The van der Waals surface area contributed by atoms with Gasteiger partial charge in [0.1, 0.15) is 11.5 Å². The van der Waals surface area contributed by atoms with Crippen molar-refractivity contribution in [2.75, 3.05) is 13.2 Å². The number of nitrogens with zero attached hydrogens (tertiary/aromatic N) is 2. The van der Waals surface area contributed by atoms with Gasteiger partial charge in [0.05, 0.1) is 30.0 Å². The number of carbonyl (C=O) groups is 2. The monoisotopic (exact) mass is 450 g/mol. The number of hydrogen-bond acceptors (Lipinski definition) is 7. The Labute approximate surface area is 193 Å². The van der Waals surface area contributed by atoms with Crippen molar-refractivity contribution in [3.8, 4) is 0 Å². The molecule has 2 aromatic rings. The maximum atomic E-state index is 12.9. The van der Waals surface area contributed by atoms with Crippen molar-refractivity contribution in [1.29, 1.82) is 0 Å². The van der Waals surface area contributed by atoms with Crippen LogP contribution in [0.3, 0.4) is 0 Å². The highest BCUT2D eigenvalue weighted by atomic mass is 16.5. The Bertz CT molecular complexity index is 1110. The highest BCUT2D eigenvalue weighted by Gasteiger charge is 2.37. The molecule has 1 heterocycles. The van der Waals surface area contributed by atoms with Gasteiger partial charge in [0.15, 0.2) is 11.6 Å². The number of benzene rings is 1. The van der Waals surface area contributed by atoms with Gasteiger partial charge in [-0.25, -0.2) is 0 Å². The summed E-state index contributed by atoms with van der Waals surface area (Å²) in [6.45, 7) is 4.04. The first kappa shape index (κ1) is 23.1. The summed E-state index contributed by atoms with van der Waals surface area (Å²) in [4.78, 5) is 30.1. The highest BCUT2D eigenvalue weighted by Crippen LogP contribution is 2.37. The zero-order valence-electron chi connectivity index (χ0n) is 19.1. The number of Topliss-reactive ketones (excluding diaryl/α,β-unsaturated/α-hetero) is 2. The fourth-order valence-corrected chi connectivity index (χ4v) is 4.87. The minimum Gasteiger partial charge on any atom is -0.511 e. The molecule has 7 nitrogen and oxygen atoms in total. The molecule has 0 spiro atoms. The zero-order valence-corrected chi connectivity index (χ0v) is 19.1. The number of aliphatic hydroxyl groups excluding tert-OH is 2. The summed E-state index contributed by atoms with van der Waals surface area (Å²) in [7, 11) is 0. The number of rotatable bonds is 6. The highest BCUT2D eigenvalue weighted by molar-refractivity contribution is 6.24. The average Bonchev–Trinajstić information content (AvgIpc) is 3.19. The van der Waals surface area contributed by atoms with Crippen molar-refractivity contribution in [2.24, 2.45) is 10.4 Å². The molecule has 0 saturated heterocycles. The number of fused-ring (bicyclic) bond motifs is 1. The van der Waals surface area contributed by atoms with Crippen LogP contribution in [-0.4, -0.2) is 45.8 Å². The molecule has 4 rings (SSSR count). The normalized spacial score (nSPS) is 23.0. The Morgan fingerprint density at radius 3 is 2.64 bits per heavy atom. The zero-order chi connectivity index (χ0) is 23.6. The van der Waals surface area contributed by atoms with E-state index in [1.807, 2.05) is 44.2 Å². The van der Waals surface area contributed by atoms with Gasteiger partial charge in [-0.3, -0.25) is 14.6 Å². The van der Waals surface area contributed by atoms with Gasteiger partial charge in [0, 0.05) is 37.8 Å². The van der Waals surface area contributed by atoms with Crippen LogP contribution in [0.5, 0.6) is 0 Å². The van der Waals surface area contributed by atoms with Crippen LogP contribution < -0.4 is 0 Å². The van der Waals surface area contributed by atoms with E-state index < -0.39 is 0 Å². The summed E-state index contributed by atoms with van der Waals surface area (Å²) in [6, 6.07) is 9.91. The van der Waals surface area contributed by atoms with Crippen LogP contribution in [0.15, 0.2) is 51.2 Å². The van der Waals surface area contributed by atoms with Crippen molar-refractivity contribution >= 4 is 17.3 Å². The van der Waals surface area contributed by atoms with E-state index in [4.69, 9.17) is 9.63 Å². The summed E-state index contributed by atoms with van der Waals surface area (Å²) in [5, 5.41) is 24.1. The second-order valence-corrected chi connectivity index (χ2v) is 9.68. The quantitative estimate of drug-likeness (QED) is 0.505. The van der Waals surface area contributed by atoms with E-state index in [9.17, 15) is 14.7 Å². The molecule has 33 heavy (non-hydrogen) atoms. The predicted molar refractivity (Wildman–Crippen MR) is 124 cm³/mol. The topological polar surface area (TPSA) is 113 Å². The van der Waals surface area contributed by atoms with Gasteiger partial charge in [-0.15, -0.1) is 0 Å². The number of aryl methyl sites for hydroxylation is 1. The van der Waals surface area contributed by atoms with Crippen LogP contribution in [0.1, 0.15) is 72.8 Å². The second-order valence-electron chi connectivity index (χ2n) is 9.68. The largest absolute Gasteiger partial charge is 0.511 e. The maximum absolute atomic E-state index is 12.9. The number of carbonyl (C=O) groups excluding carboxylic acids is 2. The van der Waals surface area contributed by atoms with Crippen LogP contribution >= 0.6 is 0 Å². The summed E-state index contributed by atoms with van der Waals surface area (Å²) in [6.07, 6.45) is 2.33. The number of aromatic nitrogens is 1. The van der Waals surface area contributed by atoms with Crippen molar-refractivity contribution in [1.82, 2.24) is 5.16 Å². The first-order valence-corrected chi connectivity index (χ1v) is 11.4. The van der Waals surface area contributed by atoms with Crippen LogP contribution in [-0.2, 0) is 17.6 Å². The van der Waals surface area contributed by atoms with Crippen molar-refractivity contribution in [3.05, 3.63) is 64.2 Å². The van der Waals surface area contributed by atoms with Gasteiger partial charge < -0.3 is 14.7 Å². The lowest BCUT2D eigenvalue weighted by atomic mass is 9.73. The molecule has 1 fully saturated rings. The van der Waals surface area contributed by atoms with E-state index in [-0.39, 0.29) is 53.8 Å². The smallest absolute Gasteiger partial charge is 0.168 e. The molecule has 1 atom stereocenters. The van der Waals surface area contributed by atoms with Crippen LogP contribution in [0.2, 0.25) is 0 Å². The van der Waals surface area contributed by atoms with Crippen LogP contribution in [0.25, 0.3) is 0 Å². The molecule has 1 unspecified atom stereocenters. The first-order chi connectivity index (χ1) is 15.8. The maximum Gasteiger partial charge on any atom is 0.168 e. The van der Waals surface area contributed by atoms with Crippen molar-refractivity contribution in [2.45, 2.75) is 58.3 Å². The van der Waals surface area contributed by atoms with Crippen molar-refractivity contribution < 1.29 is 24.3 Å². The first-order valence-electron chi connectivity index (χ1n) is 11.4. The summed E-state index contributed by atoms with van der Waals surface area (Å²) in [5.41, 5.74) is 2.67. The summed E-state index contributed by atoms with van der Waals surface area (Å²) >= 11 is 0.